The molecule has 0 radical (unpaired) electrons. The van der Waals surface area contributed by atoms with Gasteiger partial charge in [-0.2, -0.15) is 0 Å². The maximum atomic E-state index is 10.2. The van der Waals surface area contributed by atoms with E-state index in [1.807, 2.05) is 6.07 Å². The number of anilines is 1. The second-order valence-electron chi connectivity index (χ2n) is 1.78. The third-order valence-electron chi connectivity index (χ3n) is 1.02. The molecule has 0 spiro atoms. The van der Waals surface area contributed by atoms with Gasteiger partial charge in [0.05, 0.1) is 0 Å². The van der Waals surface area contributed by atoms with Crippen LogP contribution in [0.5, 0.6) is 0 Å². The molecular weight excluding hydrogens is 214 g/mol. The summed E-state index contributed by atoms with van der Waals surface area (Å²) in [6.07, 6.45) is 0. The van der Waals surface area contributed by atoms with Crippen LogP contribution in [0.2, 0.25) is 0 Å². The van der Waals surface area contributed by atoms with E-state index in [2.05, 4.69) is 3.80 Å². The first-order valence-electron chi connectivity index (χ1n) is 2.82. The van der Waals surface area contributed by atoms with Crippen LogP contribution in [0.1, 0.15) is 0 Å². The number of hydrogen-bond acceptors (Lipinski definition) is 2. The van der Waals surface area contributed by atoms with Crippen molar-refractivity contribution in [3.05, 3.63) is 30.3 Å². The van der Waals surface area contributed by atoms with Gasteiger partial charge in [-0.3, -0.25) is 0 Å². The van der Waals surface area contributed by atoms with Crippen molar-refractivity contribution >= 4 is 5.69 Å². The van der Waals surface area contributed by atoms with Gasteiger partial charge in [-0.05, 0) is 0 Å². The van der Waals surface area contributed by atoms with Crippen LogP contribution in [-0.4, -0.2) is 0 Å². The molecule has 55 valence electrons. The van der Waals surface area contributed by atoms with Gasteiger partial charge in [0.15, 0.2) is 0 Å². The molecule has 0 fully saturated rings. The predicted molar refractivity (Wildman–Crippen MR) is 31.4 cm³/mol. The summed E-state index contributed by atoms with van der Waals surface area (Å²) in [5, 5.41) is 0. The minimum atomic E-state index is -3.38. The molecule has 0 bridgehead atoms. The molecule has 3 nitrogen and oxygen atoms in total. The summed E-state index contributed by atoms with van der Waals surface area (Å²) in [6.45, 7) is 0. The Morgan fingerprint density at radius 1 is 1.09 bits per heavy atom. The van der Waals surface area contributed by atoms with E-state index in [9.17, 15) is 6.65 Å². The van der Waals surface area contributed by atoms with Crippen LogP contribution >= 0.6 is 0 Å². The third kappa shape index (κ3) is 4.48. The largest absolute Gasteiger partial charge is 0 e. The second kappa shape index (κ2) is 5.67. The van der Waals surface area contributed by atoms with Crippen LogP contribution in [0.25, 0.3) is 0 Å². The van der Waals surface area contributed by atoms with Crippen LogP contribution in [0.3, 0.4) is 0 Å². The Morgan fingerprint density at radius 3 is 2.09 bits per heavy atom. The van der Waals surface area contributed by atoms with E-state index in [0.29, 0.717) is 5.69 Å². The Balaban J connectivity index is 0.000001000. The van der Waals surface area contributed by atoms with Crippen LogP contribution in [0.15, 0.2) is 30.3 Å². The predicted octanol–water partition coefficient (Wildman–Crippen LogP) is 1.32. The number of para-hydroxylation sites is 1. The summed E-state index contributed by atoms with van der Waals surface area (Å²) in [7, 11) is 0. The molecule has 1 rings (SSSR count). The van der Waals surface area contributed by atoms with Gasteiger partial charge in [-0.15, -0.1) is 0 Å². The number of rotatable bonds is 2. The van der Waals surface area contributed by atoms with Crippen LogP contribution in [0.4, 0.5) is 5.69 Å². The minimum absolute atomic E-state index is 0. The molecule has 0 atom stereocenters. The average molecular weight is 220 g/mol. The molecule has 0 aliphatic rings. The molecule has 5 heteroatoms. The number of hydrogen-bond donors (Lipinski definition) is 1. The van der Waals surface area contributed by atoms with Crippen molar-refractivity contribution in [3.63, 3.8) is 0 Å². The van der Waals surface area contributed by atoms with E-state index in [1.165, 1.54) is 0 Å². The standard InChI is InChI=1S/C6H6N.2O.2Ti/c7-6-4-2-1-3-5-6;;;;/h1-5,7H;;;;/q-1;;;;+1. The maximum absolute atomic E-state index is 10.2. The Labute approximate surface area is 85.9 Å². The van der Waals surface area contributed by atoms with E-state index in [0.717, 1.165) is 0 Å². The molecule has 0 amide bonds. The number of nitrogens with one attached hydrogen (secondary N) is 1. The zero-order chi connectivity index (χ0) is 7.40. The van der Waals surface area contributed by atoms with Crippen LogP contribution < -0.4 is 3.80 Å². The Morgan fingerprint density at radius 2 is 1.64 bits per heavy atom. The smallest absolute Gasteiger partial charge is 0 e. The van der Waals surface area contributed by atoms with E-state index in [1.54, 1.807) is 24.3 Å². The molecule has 0 aliphatic heterocycles. The quantitative estimate of drug-likeness (QED) is 0.764. The van der Waals surface area contributed by atoms with Gasteiger partial charge >= 0.3 is 64.5 Å². The Kier molecular flexibility index (Phi) is 5.69. The molecule has 0 unspecified atom stereocenters. The first-order chi connectivity index (χ1) is 4.79. The van der Waals surface area contributed by atoms with Crippen molar-refractivity contribution in [2.24, 2.45) is 0 Å². The molecule has 1 aromatic rings. The molecule has 0 heterocycles. The van der Waals surface area contributed by atoms with Crippen molar-refractivity contribution in [3.8, 4) is 0 Å². The van der Waals surface area contributed by atoms with Gasteiger partial charge < -0.3 is 0 Å². The molecular formula is C6H6NO2Ti2. The molecule has 0 aliphatic carbocycles. The first kappa shape index (κ1) is 11.0. The van der Waals surface area contributed by atoms with Gasteiger partial charge in [-0.25, -0.2) is 0 Å². The van der Waals surface area contributed by atoms with Crippen LogP contribution in [-0.2, 0) is 46.4 Å². The summed E-state index contributed by atoms with van der Waals surface area (Å²) in [4.78, 5) is 0. The van der Waals surface area contributed by atoms with Gasteiger partial charge in [0.2, 0.25) is 0 Å². The Bertz CT molecular complexity index is 263. The van der Waals surface area contributed by atoms with Gasteiger partial charge in [-0.1, -0.05) is 0 Å². The average Bonchev–Trinajstić information content (AvgIpc) is 1.88. The fraction of sp³-hybridized carbons (Fsp3) is 0. The summed E-state index contributed by atoms with van der Waals surface area (Å²) in [5.41, 5.74) is 0.641. The van der Waals surface area contributed by atoms with Crippen molar-refractivity contribution in [2.45, 2.75) is 0 Å². The Hall–Kier alpha value is 0.0486. The molecule has 1 N–H and O–H groups in total. The van der Waals surface area contributed by atoms with Gasteiger partial charge in [0.1, 0.15) is 0 Å². The van der Waals surface area contributed by atoms with Gasteiger partial charge in [0.25, 0.3) is 0 Å². The summed E-state index contributed by atoms with van der Waals surface area (Å²) in [6, 6.07) is 8.82. The topological polar surface area (TPSA) is 46.2 Å². The van der Waals surface area contributed by atoms with E-state index < -0.39 is 18.1 Å². The van der Waals surface area contributed by atoms with E-state index in [-0.39, 0.29) is 21.7 Å². The third-order valence-corrected chi connectivity index (χ3v) is 1.79. The zero-order valence-corrected chi connectivity index (χ0v) is 8.83. The van der Waals surface area contributed by atoms with Gasteiger partial charge in [0, 0.05) is 21.7 Å². The summed E-state index contributed by atoms with van der Waals surface area (Å²) in [5.74, 6) is 0. The van der Waals surface area contributed by atoms with Crippen LogP contribution in [0, 0.1) is 0 Å². The van der Waals surface area contributed by atoms with Crippen molar-refractivity contribution < 1.29 is 46.4 Å². The number of benzene rings is 1. The SMILES string of the molecule is [O]=[Ti](=[O])[NH]c1ccccc1.[Ti]. The van der Waals surface area contributed by atoms with E-state index >= 15 is 0 Å². The molecule has 0 saturated heterocycles. The second-order valence-corrected chi connectivity index (χ2v) is 3.07. The molecule has 0 saturated carbocycles. The molecule has 1 aromatic carbocycles. The van der Waals surface area contributed by atoms with Crippen molar-refractivity contribution in [2.75, 3.05) is 3.80 Å². The normalized spacial score (nSPS) is 8.00. The maximum Gasteiger partial charge on any atom is 0 e. The summed E-state index contributed by atoms with van der Waals surface area (Å²) >= 11 is -3.38. The fourth-order valence-electron chi connectivity index (χ4n) is 0.639. The van der Waals surface area contributed by atoms with Crippen molar-refractivity contribution in [1.82, 2.24) is 0 Å². The molecule has 0 aromatic heterocycles. The zero-order valence-electron chi connectivity index (χ0n) is 5.70. The van der Waals surface area contributed by atoms with Crippen molar-refractivity contribution in [1.29, 1.82) is 0 Å². The first-order valence-corrected chi connectivity index (χ1v) is 4.87. The monoisotopic (exact) mass is 220 g/mol. The molecule has 11 heavy (non-hydrogen) atoms. The minimum Gasteiger partial charge on any atom is 0 e. The van der Waals surface area contributed by atoms with E-state index in [4.69, 9.17) is 0 Å². The summed E-state index contributed by atoms with van der Waals surface area (Å²) < 4.78 is 22.8. The fourth-order valence-corrected chi connectivity index (χ4v) is 1.27.